The van der Waals surface area contributed by atoms with Crippen molar-refractivity contribution in [1.29, 1.82) is 0 Å². The summed E-state index contributed by atoms with van der Waals surface area (Å²) < 4.78 is 6.50. The van der Waals surface area contributed by atoms with Crippen molar-refractivity contribution in [3.05, 3.63) is 27.9 Å². The third-order valence-electron chi connectivity index (χ3n) is 2.46. The van der Waals surface area contributed by atoms with Crippen molar-refractivity contribution >= 4 is 5.97 Å². The van der Waals surface area contributed by atoms with Crippen LogP contribution in [0.15, 0.2) is 11.3 Å². The second kappa shape index (κ2) is 4.88. The third-order valence-corrected chi connectivity index (χ3v) is 2.46. The first-order valence-corrected chi connectivity index (χ1v) is 5.20. The molecule has 92 valence electrons. The van der Waals surface area contributed by atoms with Gasteiger partial charge >= 0.3 is 5.97 Å². The molecule has 1 aromatic rings. The Bertz CT molecular complexity index is 475. The van der Waals surface area contributed by atoms with Gasteiger partial charge in [-0.15, -0.1) is 0 Å². The minimum absolute atomic E-state index is 0.231. The summed E-state index contributed by atoms with van der Waals surface area (Å²) in [6, 6.07) is 0. The molecule has 0 amide bonds. The molecule has 0 radical (unpaired) electrons. The first-order valence-electron chi connectivity index (χ1n) is 5.20. The van der Waals surface area contributed by atoms with Crippen molar-refractivity contribution in [2.45, 2.75) is 26.3 Å². The highest BCUT2D eigenvalue weighted by molar-refractivity contribution is 5.82. The van der Waals surface area contributed by atoms with Gasteiger partial charge in [0.25, 0.3) is 0 Å². The molecule has 0 fully saturated rings. The molecule has 0 aliphatic carbocycles. The number of azide groups is 1. The van der Waals surface area contributed by atoms with Crippen LogP contribution in [0, 0.1) is 6.92 Å². The number of hydrogen-bond acceptors (Lipinski definition) is 4. The molecule has 0 aliphatic rings. The van der Waals surface area contributed by atoms with Gasteiger partial charge in [-0.05, 0) is 26.3 Å². The Morgan fingerprint density at radius 2 is 2.41 bits per heavy atom. The molecule has 1 heterocycles. The lowest BCUT2D eigenvalue weighted by Gasteiger charge is -2.20. The molecule has 7 heteroatoms. The number of nitrogens with zero attached hydrogens (tertiary/aromatic N) is 5. The smallest absolute Gasteiger partial charge is 0.322 e. The zero-order valence-electron chi connectivity index (χ0n) is 10.3. The van der Waals surface area contributed by atoms with E-state index in [-0.39, 0.29) is 6.61 Å². The predicted molar refractivity (Wildman–Crippen MR) is 61.1 cm³/mol. The van der Waals surface area contributed by atoms with Crippen molar-refractivity contribution in [3.8, 4) is 0 Å². The van der Waals surface area contributed by atoms with Crippen LogP contribution >= 0.6 is 0 Å². The van der Waals surface area contributed by atoms with E-state index in [1.54, 1.807) is 31.8 Å². The summed E-state index contributed by atoms with van der Waals surface area (Å²) in [7, 11) is 1.73. The maximum atomic E-state index is 11.9. The number of carbonyl (C=O) groups excluding carboxylic acids is 1. The summed E-state index contributed by atoms with van der Waals surface area (Å²) >= 11 is 0. The number of hydrogen-bond donors (Lipinski definition) is 0. The van der Waals surface area contributed by atoms with Crippen molar-refractivity contribution < 1.29 is 9.53 Å². The summed E-state index contributed by atoms with van der Waals surface area (Å²) in [5.41, 5.74) is 8.42. The highest BCUT2D eigenvalue weighted by atomic mass is 16.5. The minimum atomic E-state index is -1.37. The lowest BCUT2D eigenvalue weighted by Crippen LogP contribution is -2.32. The van der Waals surface area contributed by atoms with Crippen LogP contribution < -0.4 is 0 Å². The molecule has 7 nitrogen and oxygen atoms in total. The number of carbonyl (C=O) groups is 1. The van der Waals surface area contributed by atoms with Gasteiger partial charge in [0.15, 0.2) is 5.54 Å². The van der Waals surface area contributed by atoms with E-state index in [9.17, 15) is 4.79 Å². The lowest BCUT2D eigenvalue weighted by atomic mass is 9.94. The van der Waals surface area contributed by atoms with Crippen LogP contribution in [0.4, 0.5) is 0 Å². The lowest BCUT2D eigenvalue weighted by molar-refractivity contribution is -0.149. The van der Waals surface area contributed by atoms with Gasteiger partial charge in [-0.2, -0.15) is 5.10 Å². The largest absolute Gasteiger partial charge is 0.465 e. The first kappa shape index (κ1) is 13.1. The number of aromatic nitrogens is 2. The van der Waals surface area contributed by atoms with E-state index in [0.29, 0.717) is 11.3 Å². The van der Waals surface area contributed by atoms with Gasteiger partial charge < -0.3 is 4.74 Å². The molecule has 0 bridgehead atoms. The number of rotatable bonds is 4. The van der Waals surface area contributed by atoms with Crippen molar-refractivity contribution in [1.82, 2.24) is 9.78 Å². The Labute approximate surface area is 99.0 Å². The molecule has 0 spiro atoms. The molecule has 1 aromatic heterocycles. The molecule has 0 N–H and O–H groups in total. The van der Waals surface area contributed by atoms with Crippen LogP contribution in [0.1, 0.15) is 25.1 Å². The highest BCUT2D eigenvalue weighted by Crippen LogP contribution is 2.29. The average Bonchev–Trinajstić information content (AvgIpc) is 2.59. The zero-order chi connectivity index (χ0) is 13.1. The predicted octanol–water partition coefficient (Wildman–Crippen LogP) is 1.82. The van der Waals surface area contributed by atoms with Gasteiger partial charge in [-0.1, -0.05) is 5.11 Å². The number of esters is 1. The van der Waals surface area contributed by atoms with Crippen molar-refractivity contribution in [2.24, 2.45) is 12.2 Å². The molecule has 0 saturated carbocycles. The summed E-state index contributed by atoms with van der Waals surface area (Å²) in [4.78, 5) is 14.6. The van der Waals surface area contributed by atoms with E-state index < -0.39 is 11.5 Å². The molecular weight excluding hydrogens is 222 g/mol. The summed E-state index contributed by atoms with van der Waals surface area (Å²) in [5.74, 6) is -0.575. The standard InChI is InChI=1S/C10H15N5O2/c1-5-17-9(16)10(3,13-14-11)8-6-15(4)12-7(8)2/h6H,5H2,1-4H3. The Kier molecular flexibility index (Phi) is 3.75. The van der Waals surface area contributed by atoms with Crippen molar-refractivity contribution in [2.75, 3.05) is 6.61 Å². The fourth-order valence-corrected chi connectivity index (χ4v) is 1.64. The minimum Gasteiger partial charge on any atom is -0.465 e. The normalized spacial score (nSPS) is 13.6. The Morgan fingerprint density at radius 3 is 2.82 bits per heavy atom. The van der Waals surface area contributed by atoms with Crippen LogP contribution in [-0.2, 0) is 22.1 Å². The second-order valence-electron chi connectivity index (χ2n) is 3.78. The van der Waals surface area contributed by atoms with E-state index in [1.165, 1.54) is 6.92 Å². The van der Waals surface area contributed by atoms with E-state index in [2.05, 4.69) is 15.1 Å². The molecule has 1 rings (SSSR count). The molecule has 1 atom stereocenters. The summed E-state index contributed by atoms with van der Waals surface area (Å²) in [6.07, 6.45) is 1.65. The fraction of sp³-hybridized carbons (Fsp3) is 0.600. The van der Waals surface area contributed by atoms with E-state index in [1.807, 2.05) is 0 Å². The van der Waals surface area contributed by atoms with Crippen molar-refractivity contribution in [3.63, 3.8) is 0 Å². The van der Waals surface area contributed by atoms with Crippen LogP contribution in [0.2, 0.25) is 0 Å². The van der Waals surface area contributed by atoms with Crippen LogP contribution in [-0.4, -0.2) is 22.4 Å². The second-order valence-corrected chi connectivity index (χ2v) is 3.78. The molecular formula is C10H15N5O2. The third kappa shape index (κ3) is 2.39. The summed E-state index contributed by atoms with van der Waals surface area (Å²) in [6.45, 7) is 5.20. The topological polar surface area (TPSA) is 92.9 Å². The van der Waals surface area contributed by atoms with Gasteiger partial charge in [-0.25, -0.2) is 0 Å². The quantitative estimate of drug-likeness (QED) is 0.346. The number of aryl methyl sites for hydroxylation is 2. The first-order chi connectivity index (χ1) is 7.95. The maximum Gasteiger partial charge on any atom is 0.322 e. The van der Waals surface area contributed by atoms with Crippen LogP contribution in [0.25, 0.3) is 10.4 Å². The van der Waals surface area contributed by atoms with E-state index in [0.717, 1.165) is 0 Å². The SMILES string of the molecule is CCOC(=O)C(C)(N=[N+]=[N-])c1cn(C)nc1C. The van der Waals surface area contributed by atoms with Gasteiger partial charge in [0.2, 0.25) is 0 Å². The monoisotopic (exact) mass is 237 g/mol. The van der Waals surface area contributed by atoms with E-state index in [4.69, 9.17) is 10.3 Å². The van der Waals surface area contributed by atoms with E-state index >= 15 is 0 Å². The van der Waals surface area contributed by atoms with Gasteiger partial charge in [0.1, 0.15) is 0 Å². The number of ether oxygens (including phenoxy) is 1. The maximum absolute atomic E-state index is 11.9. The highest BCUT2D eigenvalue weighted by Gasteiger charge is 2.38. The summed E-state index contributed by atoms with van der Waals surface area (Å²) in [5, 5.41) is 7.70. The zero-order valence-corrected chi connectivity index (χ0v) is 10.3. The Balaban J connectivity index is 3.29. The molecule has 0 aliphatic heterocycles. The van der Waals surface area contributed by atoms with Gasteiger partial charge in [0.05, 0.1) is 12.3 Å². The average molecular weight is 237 g/mol. The van der Waals surface area contributed by atoms with Crippen LogP contribution in [0.3, 0.4) is 0 Å². The molecule has 0 saturated heterocycles. The van der Waals surface area contributed by atoms with Gasteiger partial charge in [0, 0.05) is 23.7 Å². The molecule has 0 aromatic carbocycles. The molecule has 17 heavy (non-hydrogen) atoms. The van der Waals surface area contributed by atoms with Crippen LogP contribution in [0.5, 0.6) is 0 Å². The van der Waals surface area contributed by atoms with Gasteiger partial charge in [-0.3, -0.25) is 9.48 Å². The molecule has 1 unspecified atom stereocenters. The fourth-order valence-electron chi connectivity index (χ4n) is 1.64. The Morgan fingerprint density at radius 1 is 1.76 bits per heavy atom. The Hall–Kier alpha value is -2.01.